The van der Waals surface area contributed by atoms with Crippen molar-refractivity contribution < 1.29 is 17.6 Å². The number of aryl methyl sites for hydroxylation is 1. The van der Waals surface area contributed by atoms with Crippen LogP contribution in [0.25, 0.3) is 0 Å². The Morgan fingerprint density at radius 2 is 1.78 bits per heavy atom. The topological polar surface area (TPSA) is 104 Å². The lowest BCUT2D eigenvalue weighted by Crippen LogP contribution is -2.25. The fraction of sp³-hybridized carbons (Fsp3) is 0.111. The molecule has 3 aromatic rings. The van der Waals surface area contributed by atoms with Gasteiger partial charge >= 0.3 is 0 Å². The molecular formula is C18H17FN4O3S. The maximum absolute atomic E-state index is 12.9. The zero-order chi connectivity index (χ0) is 19.4. The van der Waals surface area contributed by atoms with Gasteiger partial charge in [0, 0.05) is 12.2 Å². The van der Waals surface area contributed by atoms with E-state index in [0.29, 0.717) is 11.3 Å². The summed E-state index contributed by atoms with van der Waals surface area (Å²) < 4.78 is 40.5. The molecule has 3 rings (SSSR count). The molecule has 0 atom stereocenters. The van der Waals surface area contributed by atoms with Crippen LogP contribution in [0.15, 0.2) is 59.8 Å². The molecular weight excluding hydrogens is 371 g/mol. The van der Waals surface area contributed by atoms with Gasteiger partial charge in [-0.2, -0.15) is 13.5 Å². The van der Waals surface area contributed by atoms with Crippen LogP contribution in [0.5, 0.6) is 0 Å². The quantitative estimate of drug-likeness (QED) is 0.604. The normalized spacial score (nSPS) is 11.2. The van der Waals surface area contributed by atoms with E-state index >= 15 is 0 Å². The van der Waals surface area contributed by atoms with E-state index in [4.69, 9.17) is 0 Å². The maximum Gasteiger partial charge on any atom is 0.279 e. The highest BCUT2D eigenvalue weighted by Crippen LogP contribution is 2.18. The van der Waals surface area contributed by atoms with Crippen molar-refractivity contribution in [1.29, 1.82) is 0 Å². The van der Waals surface area contributed by atoms with Gasteiger partial charge in [0.15, 0.2) is 5.03 Å². The van der Waals surface area contributed by atoms with E-state index in [-0.39, 0.29) is 23.0 Å². The first kappa shape index (κ1) is 18.6. The number of hydrogen-bond acceptors (Lipinski definition) is 4. The minimum Gasteiger partial charge on any atom is -0.348 e. The Bertz CT molecular complexity index is 1040. The summed E-state index contributed by atoms with van der Waals surface area (Å²) in [7, 11) is -4.03. The first-order valence-electron chi connectivity index (χ1n) is 8.01. The van der Waals surface area contributed by atoms with Gasteiger partial charge in [-0.1, -0.05) is 29.8 Å². The van der Waals surface area contributed by atoms with Crippen molar-refractivity contribution in [1.82, 2.24) is 15.5 Å². The van der Waals surface area contributed by atoms with Gasteiger partial charge in [-0.25, -0.2) is 4.39 Å². The molecule has 0 radical (unpaired) electrons. The zero-order valence-electron chi connectivity index (χ0n) is 14.4. The van der Waals surface area contributed by atoms with Gasteiger partial charge in [-0.15, -0.1) is 0 Å². The van der Waals surface area contributed by atoms with Crippen LogP contribution >= 0.6 is 0 Å². The summed E-state index contributed by atoms with van der Waals surface area (Å²) in [6.07, 6.45) is 1.14. The fourth-order valence-corrected chi connectivity index (χ4v) is 3.50. The number of anilines is 1. The summed E-state index contributed by atoms with van der Waals surface area (Å²) in [5.41, 5.74) is 1.92. The van der Waals surface area contributed by atoms with Crippen LogP contribution in [-0.2, 0) is 16.6 Å². The van der Waals surface area contributed by atoms with Crippen LogP contribution in [0.3, 0.4) is 0 Å². The number of carbonyl (C=O) groups excluding carboxylic acids is 1. The molecule has 7 nitrogen and oxygen atoms in total. The summed E-state index contributed by atoms with van der Waals surface area (Å²) >= 11 is 0. The van der Waals surface area contributed by atoms with Crippen molar-refractivity contribution in [3.63, 3.8) is 0 Å². The molecule has 0 bridgehead atoms. The Kier molecular flexibility index (Phi) is 5.22. The maximum atomic E-state index is 12.9. The van der Waals surface area contributed by atoms with Crippen molar-refractivity contribution in [3.8, 4) is 0 Å². The van der Waals surface area contributed by atoms with Crippen molar-refractivity contribution in [2.24, 2.45) is 0 Å². The van der Waals surface area contributed by atoms with Gasteiger partial charge < -0.3 is 5.32 Å². The van der Waals surface area contributed by atoms with Gasteiger partial charge in [-0.3, -0.25) is 14.6 Å². The number of aromatic amines is 1. The largest absolute Gasteiger partial charge is 0.348 e. The first-order valence-corrected chi connectivity index (χ1v) is 9.49. The molecule has 9 heteroatoms. The minimum absolute atomic E-state index is 0.114. The zero-order valence-corrected chi connectivity index (χ0v) is 15.2. The van der Waals surface area contributed by atoms with Crippen LogP contribution in [0.2, 0.25) is 0 Å². The molecule has 1 heterocycles. The molecule has 140 valence electrons. The van der Waals surface area contributed by atoms with E-state index in [2.05, 4.69) is 20.2 Å². The predicted molar refractivity (Wildman–Crippen MR) is 98.1 cm³/mol. The number of nitrogens with zero attached hydrogens (tertiary/aromatic N) is 1. The lowest BCUT2D eigenvalue weighted by Gasteiger charge is -2.09. The Morgan fingerprint density at radius 1 is 1.11 bits per heavy atom. The summed E-state index contributed by atoms with van der Waals surface area (Å²) in [6.45, 7) is 2.01. The third-order valence-electron chi connectivity index (χ3n) is 3.79. The number of H-pyrrole nitrogens is 1. The molecule has 0 saturated heterocycles. The number of hydrogen-bond donors (Lipinski definition) is 3. The minimum atomic E-state index is -4.03. The molecule has 0 aliphatic rings. The molecule has 1 amide bonds. The number of amides is 1. The second-order valence-electron chi connectivity index (χ2n) is 5.89. The molecule has 2 aromatic carbocycles. The smallest absolute Gasteiger partial charge is 0.279 e. The molecule has 0 saturated carbocycles. The number of benzene rings is 2. The summed E-state index contributed by atoms with van der Waals surface area (Å²) in [5.74, 6) is -0.993. The molecule has 1 aromatic heterocycles. The fourth-order valence-electron chi connectivity index (χ4n) is 2.35. The Balaban J connectivity index is 1.74. The highest BCUT2D eigenvalue weighted by atomic mass is 32.2. The van der Waals surface area contributed by atoms with Crippen LogP contribution in [-0.4, -0.2) is 24.5 Å². The molecule has 0 spiro atoms. The lowest BCUT2D eigenvalue weighted by molar-refractivity contribution is 0.0947. The Morgan fingerprint density at radius 3 is 2.44 bits per heavy atom. The van der Waals surface area contributed by atoms with Gasteiger partial charge in [0.05, 0.1) is 11.8 Å². The van der Waals surface area contributed by atoms with Crippen molar-refractivity contribution in [2.75, 3.05) is 4.72 Å². The number of nitrogens with one attached hydrogen (secondary N) is 3. The SMILES string of the molecule is Cc1ccc(NS(=O)(=O)c2[nH]ncc2C(=O)NCc2ccc(F)cc2)cc1. The van der Waals surface area contributed by atoms with Crippen molar-refractivity contribution >= 4 is 21.6 Å². The standard InChI is InChI=1S/C18H17FN4O3S/c1-12-2-8-15(9-3-12)23-27(25,26)18-16(11-21-22-18)17(24)20-10-13-4-6-14(19)7-5-13/h2-9,11,23H,10H2,1H3,(H,20,24)(H,21,22). The lowest BCUT2D eigenvalue weighted by atomic mass is 10.2. The molecule has 27 heavy (non-hydrogen) atoms. The summed E-state index contributed by atoms with van der Waals surface area (Å²) in [5, 5.41) is 8.29. The number of rotatable bonds is 6. The van der Waals surface area contributed by atoms with E-state index < -0.39 is 15.9 Å². The van der Waals surface area contributed by atoms with Crippen molar-refractivity contribution in [3.05, 3.63) is 77.2 Å². The Labute approximate surface area is 155 Å². The number of sulfonamides is 1. The predicted octanol–water partition coefficient (Wildman–Crippen LogP) is 2.59. The average Bonchev–Trinajstić information content (AvgIpc) is 3.14. The highest BCUT2D eigenvalue weighted by Gasteiger charge is 2.25. The van der Waals surface area contributed by atoms with E-state index in [1.54, 1.807) is 24.3 Å². The second kappa shape index (κ2) is 7.58. The van der Waals surface area contributed by atoms with Gasteiger partial charge in [-0.05, 0) is 36.8 Å². The molecule has 0 aliphatic carbocycles. The van der Waals surface area contributed by atoms with Gasteiger partial charge in [0.1, 0.15) is 5.82 Å². The van der Waals surface area contributed by atoms with Crippen LogP contribution in [0, 0.1) is 12.7 Å². The average molecular weight is 388 g/mol. The van der Waals surface area contributed by atoms with E-state index in [0.717, 1.165) is 11.8 Å². The number of halogens is 1. The molecule has 0 unspecified atom stereocenters. The van der Waals surface area contributed by atoms with E-state index in [9.17, 15) is 17.6 Å². The van der Waals surface area contributed by atoms with E-state index in [1.165, 1.54) is 24.3 Å². The Hall–Kier alpha value is -3.20. The van der Waals surface area contributed by atoms with Crippen molar-refractivity contribution in [2.45, 2.75) is 18.5 Å². The highest BCUT2D eigenvalue weighted by molar-refractivity contribution is 7.92. The first-order chi connectivity index (χ1) is 12.8. The number of carbonyl (C=O) groups is 1. The van der Waals surface area contributed by atoms with Crippen LogP contribution in [0.4, 0.5) is 10.1 Å². The summed E-state index contributed by atoms with van der Waals surface area (Å²) in [6, 6.07) is 12.4. The van der Waals surface area contributed by atoms with E-state index in [1.807, 2.05) is 6.92 Å². The number of aromatic nitrogens is 2. The monoisotopic (exact) mass is 388 g/mol. The van der Waals surface area contributed by atoms with Gasteiger partial charge in [0.2, 0.25) is 0 Å². The third kappa shape index (κ3) is 4.50. The molecule has 3 N–H and O–H groups in total. The van der Waals surface area contributed by atoms with Crippen LogP contribution < -0.4 is 10.0 Å². The molecule has 0 aliphatic heterocycles. The summed E-state index contributed by atoms with van der Waals surface area (Å²) in [4.78, 5) is 12.4. The van der Waals surface area contributed by atoms with Gasteiger partial charge in [0.25, 0.3) is 15.9 Å². The van der Waals surface area contributed by atoms with Crippen LogP contribution in [0.1, 0.15) is 21.5 Å². The third-order valence-corrected chi connectivity index (χ3v) is 5.14. The second-order valence-corrected chi connectivity index (χ2v) is 7.51. The molecule has 0 fully saturated rings.